The SMILES string of the molecule is O=C(NO)c1ccc(-c2nc3c(OCC4CCCO4)cc(F)cc3[nH]2)cc1. The van der Waals surface area contributed by atoms with E-state index in [1.807, 2.05) is 0 Å². The Bertz CT molecular complexity index is 965. The summed E-state index contributed by atoms with van der Waals surface area (Å²) in [6, 6.07) is 9.17. The highest BCUT2D eigenvalue weighted by Gasteiger charge is 2.18. The average molecular weight is 371 g/mol. The van der Waals surface area contributed by atoms with E-state index in [0.29, 0.717) is 40.3 Å². The summed E-state index contributed by atoms with van der Waals surface area (Å²) < 4.78 is 25.3. The van der Waals surface area contributed by atoms with E-state index in [2.05, 4.69) is 9.97 Å². The number of nitrogens with one attached hydrogen (secondary N) is 2. The molecule has 0 saturated carbocycles. The Morgan fingerprint density at radius 2 is 2.19 bits per heavy atom. The predicted octanol–water partition coefficient (Wildman–Crippen LogP) is 3.05. The van der Waals surface area contributed by atoms with Gasteiger partial charge in [-0.05, 0) is 31.0 Å². The third kappa shape index (κ3) is 3.62. The Balaban J connectivity index is 1.62. The number of aromatic nitrogens is 2. The van der Waals surface area contributed by atoms with E-state index in [9.17, 15) is 9.18 Å². The van der Waals surface area contributed by atoms with Crippen molar-refractivity contribution in [2.45, 2.75) is 18.9 Å². The minimum absolute atomic E-state index is 0.0203. The third-order valence-electron chi connectivity index (χ3n) is 4.49. The molecule has 4 rings (SSSR count). The van der Waals surface area contributed by atoms with E-state index in [0.717, 1.165) is 19.4 Å². The third-order valence-corrected chi connectivity index (χ3v) is 4.49. The number of rotatable bonds is 5. The number of carbonyl (C=O) groups is 1. The summed E-state index contributed by atoms with van der Waals surface area (Å²) in [5.74, 6) is -0.138. The van der Waals surface area contributed by atoms with Gasteiger partial charge in [-0.3, -0.25) is 10.0 Å². The van der Waals surface area contributed by atoms with Gasteiger partial charge >= 0.3 is 0 Å². The lowest BCUT2D eigenvalue weighted by Crippen LogP contribution is -2.18. The molecule has 0 bridgehead atoms. The molecule has 1 aliphatic rings. The molecule has 7 nitrogen and oxygen atoms in total. The highest BCUT2D eigenvalue weighted by molar-refractivity contribution is 5.94. The zero-order valence-electron chi connectivity index (χ0n) is 14.4. The molecule has 2 aromatic carbocycles. The molecule has 3 aromatic rings. The van der Waals surface area contributed by atoms with Gasteiger partial charge in [-0.1, -0.05) is 12.1 Å². The molecule has 1 amide bonds. The largest absolute Gasteiger partial charge is 0.488 e. The van der Waals surface area contributed by atoms with Gasteiger partial charge < -0.3 is 14.5 Å². The van der Waals surface area contributed by atoms with Crippen molar-refractivity contribution in [3.8, 4) is 17.1 Å². The molecule has 1 atom stereocenters. The fraction of sp³-hybridized carbons (Fsp3) is 0.263. The number of nitrogens with zero attached hydrogens (tertiary/aromatic N) is 1. The molecule has 0 radical (unpaired) electrons. The Morgan fingerprint density at radius 1 is 1.37 bits per heavy atom. The van der Waals surface area contributed by atoms with Crippen molar-refractivity contribution in [2.24, 2.45) is 0 Å². The van der Waals surface area contributed by atoms with Crippen molar-refractivity contribution in [2.75, 3.05) is 13.2 Å². The minimum Gasteiger partial charge on any atom is -0.488 e. The summed E-state index contributed by atoms with van der Waals surface area (Å²) in [4.78, 5) is 19.0. The van der Waals surface area contributed by atoms with Gasteiger partial charge in [-0.25, -0.2) is 14.9 Å². The van der Waals surface area contributed by atoms with Gasteiger partial charge in [0.25, 0.3) is 5.91 Å². The van der Waals surface area contributed by atoms with Crippen LogP contribution in [0.2, 0.25) is 0 Å². The van der Waals surface area contributed by atoms with Crippen molar-refractivity contribution in [3.05, 3.63) is 47.8 Å². The number of fused-ring (bicyclic) bond motifs is 1. The van der Waals surface area contributed by atoms with Crippen molar-refractivity contribution < 1.29 is 23.9 Å². The van der Waals surface area contributed by atoms with E-state index >= 15 is 0 Å². The highest BCUT2D eigenvalue weighted by atomic mass is 19.1. The average Bonchev–Trinajstić information content (AvgIpc) is 3.35. The Labute approximate surface area is 154 Å². The molecule has 140 valence electrons. The molecular formula is C19H18FN3O4. The summed E-state index contributed by atoms with van der Waals surface area (Å²) in [5, 5.41) is 8.68. The number of carbonyl (C=O) groups excluding carboxylic acids is 1. The molecule has 1 unspecified atom stereocenters. The van der Waals surface area contributed by atoms with Crippen LogP contribution in [0.4, 0.5) is 4.39 Å². The van der Waals surface area contributed by atoms with Crippen LogP contribution in [0.5, 0.6) is 5.75 Å². The molecule has 1 aromatic heterocycles. The van der Waals surface area contributed by atoms with Gasteiger partial charge in [-0.2, -0.15) is 0 Å². The van der Waals surface area contributed by atoms with E-state index in [4.69, 9.17) is 14.7 Å². The number of hydrogen-bond donors (Lipinski definition) is 3. The number of imidazole rings is 1. The van der Waals surface area contributed by atoms with Crippen LogP contribution in [0.3, 0.4) is 0 Å². The number of amides is 1. The standard InChI is InChI=1S/C19H18FN3O4/c20-13-8-15-17(16(9-13)27-10-14-2-1-7-26-14)22-18(21-15)11-3-5-12(6-4-11)19(24)23-25/h3-6,8-9,14,25H,1-2,7,10H2,(H,21,22)(H,23,24). The molecule has 3 N–H and O–H groups in total. The number of ether oxygens (including phenoxy) is 2. The quantitative estimate of drug-likeness (QED) is 0.473. The molecule has 1 aliphatic heterocycles. The highest BCUT2D eigenvalue weighted by Crippen LogP contribution is 2.29. The smallest absolute Gasteiger partial charge is 0.274 e. The lowest BCUT2D eigenvalue weighted by atomic mass is 10.1. The fourth-order valence-corrected chi connectivity index (χ4v) is 3.10. The van der Waals surface area contributed by atoms with Crippen molar-refractivity contribution >= 4 is 16.9 Å². The van der Waals surface area contributed by atoms with Gasteiger partial charge in [0.05, 0.1) is 11.6 Å². The van der Waals surface area contributed by atoms with Crippen molar-refractivity contribution in [3.63, 3.8) is 0 Å². The number of hydroxylamine groups is 1. The fourth-order valence-electron chi connectivity index (χ4n) is 3.10. The molecule has 8 heteroatoms. The Kier molecular flexibility index (Phi) is 4.74. The summed E-state index contributed by atoms with van der Waals surface area (Å²) in [6.07, 6.45) is 1.95. The number of halogens is 1. The van der Waals surface area contributed by atoms with Gasteiger partial charge in [0.15, 0.2) is 0 Å². The predicted molar refractivity (Wildman–Crippen MR) is 95.2 cm³/mol. The summed E-state index contributed by atoms with van der Waals surface area (Å²) in [7, 11) is 0. The number of H-pyrrole nitrogens is 1. The van der Waals surface area contributed by atoms with Crippen LogP contribution in [0.1, 0.15) is 23.2 Å². The summed E-state index contributed by atoms with van der Waals surface area (Å²) >= 11 is 0. The molecule has 0 aliphatic carbocycles. The van der Waals surface area contributed by atoms with Crippen LogP contribution in [-0.2, 0) is 4.74 Å². The molecule has 0 spiro atoms. The zero-order valence-corrected chi connectivity index (χ0v) is 14.4. The maximum absolute atomic E-state index is 14.0. The first-order chi connectivity index (χ1) is 13.1. The van der Waals surface area contributed by atoms with Crippen LogP contribution >= 0.6 is 0 Å². The number of aromatic amines is 1. The second-order valence-electron chi connectivity index (χ2n) is 6.35. The van der Waals surface area contributed by atoms with Gasteiger partial charge in [-0.15, -0.1) is 0 Å². The molecule has 27 heavy (non-hydrogen) atoms. The van der Waals surface area contributed by atoms with Crippen LogP contribution in [-0.4, -0.2) is 40.4 Å². The lowest BCUT2D eigenvalue weighted by molar-refractivity contribution is 0.0683. The maximum Gasteiger partial charge on any atom is 0.274 e. The van der Waals surface area contributed by atoms with Gasteiger partial charge in [0, 0.05) is 23.8 Å². The Hall–Kier alpha value is -2.97. The van der Waals surface area contributed by atoms with Crippen LogP contribution in [0.25, 0.3) is 22.4 Å². The first-order valence-electron chi connectivity index (χ1n) is 8.62. The number of hydrogen-bond acceptors (Lipinski definition) is 5. The topological polar surface area (TPSA) is 96.5 Å². The molecule has 1 saturated heterocycles. The molecule has 1 fully saturated rings. The van der Waals surface area contributed by atoms with Gasteiger partial charge in [0.2, 0.25) is 0 Å². The van der Waals surface area contributed by atoms with Crippen molar-refractivity contribution in [1.82, 2.24) is 15.4 Å². The summed E-state index contributed by atoms with van der Waals surface area (Å²) in [5.41, 5.74) is 3.65. The normalized spacial score (nSPS) is 16.6. The first-order valence-corrected chi connectivity index (χ1v) is 8.62. The van der Waals surface area contributed by atoms with Crippen LogP contribution in [0.15, 0.2) is 36.4 Å². The Morgan fingerprint density at radius 3 is 2.89 bits per heavy atom. The van der Waals surface area contributed by atoms with E-state index in [1.54, 1.807) is 29.7 Å². The van der Waals surface area contributed by atoms with Crippen LogP contribution in [0, 0.1) is 5.82 Å². The molecular weight excluding hydrogens is 353 g/mol. The zero-order chi connectivity index (χ0) is 18.8. The first kappa shape index (κ1) is 17.4. The second-order valence-corrected chi connectivity index (χ2v) is 6.35. The number of benzene rings is 2. The monoisotopic (exact) mass is 371 g/mol. The maximum atomic E-state index is 14.0. The minimum atomic E-state index is -0.599. The van der Waals surface area contributed by atoms with Crippen molar-refractivity contribution in [1.29, 1.82) is 0 Å². The second kappa shape index (κ2) is 7.34. The lowest BCUT2D eigenvalue weighted by Gasteiger charge is -2.11. The summed E-state index contributed by atoms with van der Waals surface area (Å²) in [6.45, 7) is 1.08. The van der Waals surface area contributed by atoms with Crippen LogP contribution < -0.4 is 10.2 Å². The van der Waals surface area contributed by atoms with E-state index in [1.165, 1.54) is 12.1 Å². The van der Waals surface area contributed by atoms with E-state index < -0.39 is 11.7 Å². The van der Waals surface area contributed by atoms with Gasteiger partial charge in [0.1, 0.15) is 29.5 Å². The van der Waals surface area contributed by atoms with E-state index in [-0.39, 0.29) is 6.10 Å². The molecule has 2 heterocycles.